The monoisotopic (exact) mass is 356 g/mol. The van der Waals surface area contributed by atoms with Gasteiger partial charge >= 0.3 is 0 Å². The molecule has 0 radical (unpaired) electrons. The molecule has 0 N–H and O–H groups in total. The maximum Gasteiger partial charge on any atom is 0.164 e. The molecular weight excluding hydrogens is 343 g/mol. The van der Waals surface area contributed by atoms with Crippen LogP contribution in [0.25, 0.3) is 0 Å². The summed E-state index contributed by atoms with van der Waals surface area (Å²) < 4.78 is 17.3. The van der Waals surface area contributed by atoms with Crippen molar-refractivity contribution < 1.29 is 14.2 Å². The van der Waals surface area contributed by atoms with Gasteiger partial charge < -0.3 is 14.2 Å². The zero-order valence-electron chi connectivity index (χ0n) is 10.1. The van der Waals surface area contributed by atoms with Crippen LogP contribution in [-0.4, -0.2) is 14.2 Å². The fourth-order valence-electron chi connectivity index (χ4n) is 1.53. The standard InChI is InChI=1S/C14H13IO3/c1-16-13-8-7-10(9-14(13)17-2)18-12-6-4-3-5-11(12)15/h3-9H,1-2H3. The lowest BCUT2D eigenvalue weighted by molar-refractivity contribution is 0.352. The number of methoxy groups -OCH3 is 2. The number of halogens is 1. The third kappa shape index (κ3) is 2.87. The molecule has 0 aromatic heterocycles. The highest BCUT2D eigenvalue weighted by Gasteiger charge is 2.07. The second kappa shape index (κ2) is 5.95. The average Bonchev–Trinajstić information content (AvgIpc) is 2.41. The van der Waals surface area contributed by atoms with Crippen LogP contribution in [-0.2, 0) is 0 Å². The van der Waals surface area contributed by atoms with E-state index >= 15 is 0 Å². The second-order valence-corrected chi connectivity index (χ2v) is 4.71. The van der Waals surface area contributed by atoms with Crippen LogP contribution < -0.4 is 14.2 Å². The second-order valence-electron chi connectivity index (χ2n) is 3.55. The number of benzene rings is 2. The minimum absolute atomic E-state index is 0.654. The Morgan fingerprint density at radius 1 is 0.833 bits per heavy atom. The van der Waals surface area contributed by atoms with Crippen molar-refractivity contribution in [2.75, 3.05) is 14.2 Å². The van der Waals surface area contributed by atoms with Crippen molar-refractivity contribution in [3.8, 4) is 23.0 Å². The zero-order chi connectivity index (χ0) is 13.0. The summed E-state index contributed by atoms with van der Waals surface area (Å²) in [6.45, 7) is 0. The van der Waals surface area contributed by atoms with Crippen molar-refractivity contribution >= 4 is 22.6 Å². The van der Waals surface area contributed by atoms with Gasteiger partial charge in [0, 0.05) is 6.07 Å². The highest BCUT2D eigenvalue weighted by atomic mass is 127. The average molecular weight is 356 g/mol. The summed E-state index contributed by atoms with van der Waals surface area (Å²) in [6.07, 6.45) is 0. The Morgan fingerprint density at radius 3 is 2.22 bits per heavy atom. The van der Waals surface area contributed by atoms with Crippen molar-refractivity contribution in [3.63, 3.8) is 0 Å². The summed E-state index contributed by atoms with van der Waals surface area (Å²) in [5, 5.41) is 0. The van der Waals surface area contributed by atoms with Gasteiger partial charge in [-0.2, -0.15) is 0 Å². The molecule has 0 saturated heterocycles. The maximum absolute atomic E-state index is 5.81. The van der Waals surface area contributed by atoms with Gasteiger partial charge in [0.2, 0.25) is 0 Å². The normalized spacial score (nSPS) is 9.94. The van der Waals surface area contributed by atoms with Gasteiger partial charge in [0.15, 0.2) is 11.5 Å². The Bertz CT molecular complexity index is 540. The van der Waals surface area contributed by atoms with Gasteiger partial charge in [0.1, 0.15) is 11.5 Å². The lowest BCUT2D eigenvalue weighted by atomic mass is 10.3. The van der Waals surface area contributed by atoms with Crippen LogP contribution in [0.4, 0.5) is 0 Å². The molecule has 2 aromatic carbocycles. The largest absolute Gasteiger partial charge is 0.493 e. The van der Waals surface area contributed by atoms with Crippen LogP contribution in [0.5, 0.6) is 23.0 Å². The first-order chi connectivity index (χ1) is 8.74. The molecule has 0 aliphatic carbocycles. The number of rotatable bonds is 4. The molecule has 0 bridgehead atoms. The van der Waals surface area contributed by atoms with E-state index in [0.29, 0.717) is 11.5 Å². The molecule has 0 fully saturated rings. The van der Waals surface area contributed by atoms with Crippen molar-refractivity contribution in [2.45, 2.75) is 0 Å². The molecule has 0 aliphatic heterocycles. The van der Waals surface area contributed by atoms with Gasteiger partial charge in [-0.3, -0.25) is 0 Å². The van der Waals surface area contributed by atoms with Crippen LogP contribution >= 0.6 is 22.6 Å². The number of para-hydroxylation sites is 1. The minimum Gasteiger partial charge on any atom is -0.493 e. The molecule has 0 unspecified atom stereocenters. The summed E-state index contributed by atoms with van der Waals surface area (Å²) in [4.78, 5) is 0. The van der Waals surface area contributed by atoms with Crippen LogP contribution in [0, 0.1) is 3.57 Å². The van der Waals surface area contributed by atoms with E-state index < -0.39 is 0 Å². The summed E-state index contributed by atoms with van der Waals surface area (Å²) >= 11 is 2.24. The third-order valence-corrected chi connectivity index (χ3v) is 3.31. The van der Waals surface area contributed by atoms with Gasteiger partial charge in [-0.15, -0.1) is 0 Å². The quantitative estimate of drug-likeness (QED) is 0.772. The van der Waals surface area contributed by atoms with Crippen molar-refractivity contribution in [1.29, 1.82) is 0 Å². The molecule has 94 valence electrons. The molecule has 0 saturated carbocycles. The van der Waals surface area contributed by atoms with Crippen molar-refractivity contribution in [2.24, 2.45) is 0 Å². The van der Waals surface area contributed by atoms with Crippen LogP contribution in [0.15, 0.2) is 42.5 Å². The molecule has 18 heavy (non-hydrogen) atoms. The lowest BCUT2D eigenvalue weighted by Crippen LogP contribution is -1.92. The Hall–Kier alpha value is -1.43. The number of ether oxygens (including phenoxy) is 3. The van der Waals surface area contributed by atoms with Gasteiger partial charge in [0.05, 0.1) is 17.8 Å². The Kier molecular flexibility index (Phi) is 4.30. The van der Waals surface area contributed by atoms with E-state index in [1.807, 2.05) is 42.5 Å². The number of hydrogen-bond donors (Lipinski definition) is 0. The predicted octanol–water partition coefficient (Wildman–Crippen LogP) is 4.10. The summed E-state index contributed by atoms with van der Waals surface area (Å²) in [6, 6.07) is 13.3. The SMILES string of the molecule is COc1ccc(Oc2ccccc2I)cc1OC. The number of hydrogen-bond acceptors (Lipinski definition) is 3. The molecule has 4 heteroatoms. The Labute approximate surface area is 120 Å². The molecule has 0 amide bonds. The van der Waals surface area contributed by atoms with E-state index in [9.17, 15) is 0 Å². The summed E-state index contributed by atoms with van der Waals surface area (Å²) in [7, 11) is 3.21. The Morgan fingerprint density at radius 2 is 1.56 bits per heavy atom. The molecule has 0 atom stereocenters. The van der Waals surface area contributed by atoms with Crippen molar-refractivity contribution in [1.82, 2.24) is 0 Å². The molecular formula is C14H13IO3. The molecule has 2 aromatic rings. The lowest BCUT2D eigenvalue weighted by Gasteiger charge is -2.11. The first-order valence-electron chi connectivity index (χ1n) is 5.39. The zero-order valence-corrected chi connectivity index (χ0v) is 12.3. The van der Waals surface area contributed by atoms with Gasteiger partial charge in [0.25, 0.3) is 0 Å². The summed E-state index contributed by atoms with van der Waals surface area (Å²) in [5.74, 6) is 2.88. The molecule has 2 rings (SSSR count). The van der Waals surface area contributed by atoms with E-state index in [1.165, 1.54) is 0 Å². The smallest absolute Gasteiger partial charge is 0.164 e. The van der Waals surface area contributed by atoms with Gasteiger partial charge in [-0.25, -0.2) is 0 Å². The van der Waals surface area contributed by atoms with Crippen LogP contribution in [0.1, 0.15) is 0 Å². The van der Waals surface area contributed by atoms with E-state index in [0.717, 1.165) is 15.1 Å². The fourth-order valence-corrected chi connectivity index (χ4v) is 2.03. The molecule has 0 heterocycles. The minimum atomic E-state index is 0.654. The Balaban J connectivity index is 2.27. The predicted molar refractivity (Wildman–Crippen MR) is 78.8 cm³/mol. The highest BCUT2D eigenvalue weighted by molar-refractivity contribution is 14.1. The van der Waals surface area contributed by atoms with Gasteiger partial charge in [-0.05, 0) is 46.9 Å². The van der Waals surface area contributed by atoms with Crippen molar-refractivity contribution in [3.05, 3.63) is 46.0 Å². The molecule has 0 aliphatic rings. The third-order valence-electron chi connectivity index (χ3n) is 2.42. The van der Waals surface area contributed by atoms with Crippen LogP contribution in [0.3, 0.4) is 0 Å². The van der Waals surface area contributed by atoms with E-state index in [2.05, 4.69) is 22.6 Å². The molecule has 0 spiro atoms. The fraction of sp³-hybridized carbons (Fsp3) is 0.143. The topological polar surface area (TPSA) is 27.7 Å². The van der Waals surface area contributed by atoms with Gasteiger partial charge in [-0.1, -0.05) is 12.1 Å². The first-order valence-corrected chi connectivity index (χ1v) is 6.47. The molecule has 3 nitrogen and oxygen atoms in total. The first kappa shape index (κ1) is 13.0. The summed E-state index contributed by atoms with van der Waals surface area (Å²) in [5.41, 5.74) is 0. The van der Waals surface area contributed by atoms with Crippen LogP contribution in [0.2, 0.25) is 0 Å². The maximum atomic E-state index is 5.81. The van der Waals surface area contributed by atoms with E-state index in [-0.39, 0.29) is 0 Å². The van der Waals surface area contributed by atoms with E-state index in [1.54, 1.807) is 14.2 Å². The highest BCUT2D eigenvalue weighted by Crippen LogP contribution is 2.34. The van der Waals surface area contributed by atoms with E-state index in [4.69, 9.17) is 14.2 Å².